The summed E-state index contributed by atoms with van der Waals surface area (Å²) in [7, 11) is 0. The van der Waals surface area contributed by atoms with Crippen LogP contribution in [0.1, 0.15) is 53.4 Å². The minimum Gasteiger partial charge on any atom is -0.459 e. The van der Waals surface area contributed by atoms with Gasteiger partial charge in [-0.3, -0.25) is 0 Å². The smallest absolute Gasteiger partial charge is 0.330 e. The van der Waals surface area contributed by atoms with Gasteiger partial charge in [0.25, 0.3) is 0 Å². The van der Waals surface area contributed by atoms with Gasteiger partial charge < -0.3 is 4.74 Å². The lowest BCUT2D eigenvalue weighted by Gasteiger charge is -2.29. The van der Waals surface area contributed by atoms with Gasteiger partial charge >= 0.3 is 5.97 Å². The largest absolute Gasteiger partial charge is 0.459 e. The molecule has 0 saturated heterocycles. The van der Waals surface area contributed by atoms with Crippen LogP contribution in [0.25, 0.3) is 12.2 Å². The van der Waals surface area contributed by atoms with Gasteiger partial charge in [0.15, 0.2) is 0 Å². The first-order chi connectivity index (χ1) is 15.1. The van der Waals surface area contributed by atoms with Gasteiger partial charge in [0.1, 0.15) is 6.10 Å². The highest BCUT2D eigenvalue weighted by Crippen LogP contribution is 2.36. The highest BCUT2D eigenvalue weighted by Gasteiger charge is 2.28. The van der Waals surface area contributed by atoms with Gasteiger partial charge in [-0.15, -0.1) is 0 Å². The summed E-state index contributed by atoms with van der Waals surface area (Å²) in [5.74, 6) is -0.210. The zero-order valence-corrected chi connectivity index (χ0v) is 18.8. The van der Waals surface area contributed by atoms with Gasteiger partial charge in [0, 0.05) is 27.6 Å². The molecule has 0 aliphatic heterocycles. The van der Waals surface area contributed by atoms with E-state index in [4.69, 9.17) is 29.2 Å². The molecule has 0 N–H and O–H groups in total. The first-order valence-corrected chi connectivity index (χ1v) is 11.3. The van der Waals surface area contributed by atoms with Crippen molar-refractivity contribution in [3.63, 3.8) is 0 Å². The van der Waals surface area contributed by atoms with E-state index in [1.54, 1.807) is 0 Å². The Morgan fingerprint density at radius 3 is 2.06 bits per heavy atom. The standard InChI is InChI=1S/C27H24O2S2/c1-2-27(28)29-20(17-24-22-10-6-4-8-19(22)12-16-26(24)31)13-14-23-21-9-5-3-7-18(21)11-15-25(23)30/h2-12,15-16,20,23-24H,1,13-14,17H2. The Labute approximate surface area is 194 Å². The van der Waals surface area contributed by atoms with Gasteiger partial charge in [-0.2, -0.15) is 0 Å². The van der Waals surface area contributed by atoms with Crippen molar-refractivity contribution in [3.8, 4) is 0 Å². The van der Waals surface area contributed by atoms with Crippen LogP contribution in [0.3, 0.4) is 0 Å². The molecular weight excluding hydrogens is 420 g/mol. The number of carbonyl (C=O) groups excluding carboxylic acids is 1. The van der Waals surface area contributed by atoms with E-state index in [0.29, 0.717) is 12.8 Å². The van der Waals surface area contributed by atoms with Crippen LogP contribution in [0.5, 0.6) is 0 Å². The van der Waals surface area contributed by atoms with Gasteiger partial charge in [0.05, 0.1) is 0 Å². The van der Waals surface area contributed by atoms with E-state index in [1.807, 2.05) is 36.4 Å². The molecule has 0 saturated carbocycles. The van der Waals surface area contributed by atoms with Crippen molar-refractivity contribution in [2.75, 3.05) is 0 Å². The minimum atomic E-state index is -0.401. The van der Waals surface area contributed by atoms with Crippen LogP contribution in [0.2, 0.25) is 0 Å². The molecule has 0 spiro atoms. The minimum absolute atomic E-state index is 0.0457. The number of rotatable bonds is 7. The summed E-state index contributed by atoms with van der Waals surface area (Å²) >= 11 is 11.3. The van der Waals surface area contributed by atoms with E-state index < -0.39 is 5.97 Å². The lowest BCUT2D eigenvalue weighted by molar-refractivity contribution is -0.143. The summed E-state index contributed by atoms with van der Waals surface area (Å²) in [6, 6.07) is 16.6. The monoisotopic (exact) mass is 444 g/mol. The highest BCUT2D eigenvalue weighted by molar-refractivity contribution is 7.81. The molecule has 3 unspecified atom stereocenters. The number of ether oxygens (including phenoxy) is 1. The van der Waals surface area contributed by atoms with Crippen LogP contribution >= 0.6 is 24.4 Å². The first kappa shape index (κ1) is 21.5. The molecule has 0 heterocycles. The number of thiocarbonyl (C=S) groups is 2. The number of hydrogen-bond donors (Lipinski definition) is 0. The Morgan fingerprint density at radius 2 is 1.45 bits per heavy atom. The third-order valence-corrected chi connectivity index (χ3v) is 6.85. The molecule has 0 aromatic heterocycles. The molecule has 2 aromatic carbocycles. The molecule has 3 atom stereocenters. The molecule has 2 aliphatic carbocycles. The number of fused-ring (bicyclic) bond motifs is 2. The predicted molar refractivity (Wildman–Crippen MR) is 136 cm³/mol. The Kier molecular flexibility index (Phi) is 6.69. The molecule has 0 amide bonds. The van der Waals surface area contributed by atoms with Crippen molar-refractivity contribution >= 4 is 52.3 Å². The molecule has 4 heteroatoms. The SMILES string of the molecule is C=CC(=O)OC(CCC1C(=S)C=Cc2ccccc21)CC1C(=S)C=Cc2ccccc21. The molecule has 31 heavy (non-hydrogen) atoms. The Hall–Kier alpha value is -2.69. The van der Waals surface area contributed by atoms with Crippen molar-refractivity contribution in [2.24, 2.45) is 0 Å². The van der Waals surface area contributed by atoms with E-state index in [0.717, 1.165) is 16.1 Å². The maximum atomic E-state index is 12.1. The summed E-state index contributed by atoms with van der Waals surface area (Å²) in [5, 5.41) is 0. The van der Waals surface area contributed by atoms with Crippen LogP contribution in [0.15, 0.2) is 73.3 Å². The summed E-state index contributed by atoms with van der Waals surface area (Å²) in [4.78, 5) is 13.9. The van der Waals surface area contributed by atoms with Crippen molar-refractivity contribution < 1.29 is 9.53 Å². The van der Waals surface area contributed by atoms with Gasteiger partial charge in [0.2, 0.25) is 0 Å². The van der Waals surface area contributed by atoms with E-state index in [2.05, 4.69) is 43.0 Å². The third kappa shape index (κ3) is 4.81. The molecule has 2 aromatic rings. The van der Waals surface area contributed by atoms with Crippen LogP contribution < -0.4 is 0 Å². The fourth-order valence-electron chi connectivity index (χ4n) is 4.44. The highest BCUT2D eigenvalue weighted by atomic mass is 32.1. The third-order valence-electron chi connectivity index (χ3n) is 6.01. The lowest BCUT2D eigenvalue weighted by Crippen LogP contribution is -2.25. The number of hydrogen-bond acceptors (Lipinski definition) is 4. The normalized spacial score (nSPS) is 20.0. The second kappa shape index (κ2) is 9.63. The zero-order valence-electron chi connectivity index (χ0n) is 17.2. The fourth-order valence-corrected chi connectivity index (χ4v) is 5.04. The summed E-state index contributed by atoms with van der Waals surface area (Å²) in [6.45, 7) is 3.56. The average molecular weight is 445 g/mol. The van der Waals surface area contributed by atoms with Crippen molar-refractivity contribution in [1.82, 2.24) is 0 Å². The zero-order chi connectivity index (χ0) is 21.8. The second-order valence-corrected chi connectivity index (χ2v) is 8.85. The van der Waals surface area contributed by atoms with Gasteiger partial charge in [-0.1, -0.05) is 91.7 Å². The summed E-state index contributed by atoms with van der Waals surface area (Å²) in [6.07, 6.45) is 11.3. The molecule has 2 aliphatic rings. The molecular formula is C27H24O2S2. The first-order valence-electron chi connectivity index (χ1n) is 10.5. The Morgan fingerprint density at radius 1 is 0.903 bits per heavy atom. The number of esters is 1. The number of carbonyl (C=O) groups is 1. The Bertz CT molecular complexity index is 1100. The molecule has 4 rings (SSSR count). The number of allylic oxidation sites excluding steroid dienone is 2. The van der Waals surface area contributed by atoms with E-state index in [1.165, 1.54) is 28.3 Å². The molecule has 0 fully saturated rings. The van der Waals surface area contributed by atoms with Crippen LogP contribution in [-0.4, -0.2) is 21.8 Å². The average Bonchev–Trinajstić information content (AvgIpc) is 2.79. The second-order valence-electron chi connectivity index (χ2n) is 7.91. The molecule has 0 bridgehead atoms. The number of benzene rings is 2. The lowest BCUT2D eigenvalue weighted by atomic mass is 9.80. The summed E-state index contributed by atoms with van der Waals surface area (Å²) < 4.78 is 5.78. The molecule has 0 radical (unpaired) electrons. The topological polar surface area (TPSA) is 26.3 Å². The maximum Gasteiger partial charge on any atom is 0.330 e. The predicted octanol–water partition coefficient (Wildman–Crippen LogP) is 6.62. The van der Waals surface area contributed by atoms with E-state index in [9.17, 15) is 4.79 Å². The molecule has 2 nitrogen and oxygen atoms in total. The summed E-state index contributed by atoms with van der Waals surface area (Å²) in [5.41, 5.74) is 4.80. The van der Waals surface area contributed by atoms with Crippen LogP contribution in [-0.2, 0) is 9.53 Å². The van der Waals surface area contributed by atoms with Crippen LogP contribution in [0, 0.1) is 0 Å². The fraction of sp³-hybridized carbons (Fsp3) is 0.222. The Balaban J connectivity index is 1.54. The van der Waals surface area contributed by atoms with E-state index in [-0.39, 0.29) is 17.9 Å². The van der Waals surface area contributed by atoms with Gasteiger partial charge in [-0.05, 0) is 53.7 Å². The molecule has 156 valence electrons. The van der Waals surface area contributed by atoms with Crippen LogP contribution in [0.4, 0.5) is 0 Å². The van der Waals surface area contributed by atoms with Crippen molar-refractivity contribution in [3.05, 3.63) is 95.6 Å². The maximum absolute atomic E-state index is 12.1. The van der Waals surface area contributed by atoms with Crippen molar-refractivity contribution in [1.29, 1.82) is 0 Å². The quantitative estimate of drug-likeness (QED) is 0.272. The van der Waals surface area contributed by atoms with E-state index >= 15 is 0 Å². The van der Waals surface area contributed by atoms with Gasteiger partial charge in [-0.25, -0.2) is 4.79 Å². The van der Waals surface area contributed by atoms with Crippen molar-refractivity contribution in [2.45, 2.75) is 37.2 Å².